The Hall–Kier alpha value is -1.14. The van der Waals surface area contributed by atoms with Gasteiger partial charge < -0.3 is 10.6 Å². The Balaban J connectivity index is 1.48. The number of hydrogen-bond donors (Lipinski definition) is 2. The third-order valence-electron chi connectivity index (χ3n) is 10.5. The van der Waals surface area contributed by atoms with Crippen LogP contribution in [0.1, 0.15) is 78.6 Å². The van der Waals surface area contributed by atoms with Crippen molar-refractivity contribution in [1.82, 2.24) is 5.01 Å². The van der Waals surface area contributed by atoms with Crippen LogP contribution in [0.3, 0.4) is 0 Å². The molecule has 0 heterocycles. The van der Waals surface area contributed by atoms with Crippen molar-refractivity contribution in [2.45, 2.75) is 78.6 Å². The number of nitrogens with two attached hydrogens (primary N) is 2. The molecule has 4 fully saturated rings. The van der Waals surface area contributed by atoms with E-state index in [9.17, 15) is 4.79 Å². The number of ether oxygens (including phenoxy) is 1. The number of amidine groups is 1. The summed E-state index contributed by atoms with van der Waals surface area (Å²) < 4.78 is 5.50. The fourth-order valence-corrected chi connectivity index (χ4v) is 8.73. The minimum Gasteiger partial charge on any atom is -0.384 e. The fraction of sp³-hybridized carbons (Fsp3) is 0.920. The number of carbonyl (C=O) groups is 1. The number of rotatable bonds is 5. The van der Waals surface area contributed by atoms with E-state index in [4.69, 9.17) is 16.4 Å². The van der Waals surface area contributed by atoms with E-state index >= 15 is 0 Å². The Morgan fingerprint density at radius 2 is 1.77 bits per heavy atom. The lowest BCUT2D eigenvalue weighted by Gasteiger charge is -2.61. The molecule has 4 N–H and O–H groups in total. The van der Waals surface area contributed by atoms with Crippen molar-refractivity contribution in [2.24, 2.45) is 63.1 Å². The zero-order chi connectivity index (χ0) is 22.4. The first-order chi connectivity index (χ1) is 14.7. The molecule has 0 radical (unpaired) electrons. The van der Waals surface area contributed by atoms with Crippen LogP contribution in [0.4, 0.5) is 0 Å². The van der Waals surface area contributed by atoms with Crippen LogP contribution in [0, 0.1) is 46.3 Å². The van der Waals surface area contributed by atoms with Crippen molar-refractivity contribution in [3.63, 3.8) is 0 Å². The summed E-state index contributed by atoms with van der Waals surface area (Å²) in [6.07, 6.45) is 11.5. The minimum atomic E-state index is 0.123. The molecule has 0 bridgehead atoms. The summed E-state index contributed by atoms with van der Waals surface area (Å²) in [6, 6.07) is 0. The highest BCUT2D eigenvalue weighted by atomic mass is 16.5. The van der Waals surface area contributed by atoms with Gasteiger partial charge in [0.25, 0.3) is 0 Å². The number of methoxy groups -OCH3 is 1. The van der Waals surface area contributed by atoms with Crippen LogP contribution in [0.15, 0.2) is 5.10 Å². The van der Waals surface area contributed by atoms with Crippen LogP contribution in [0.25, 0.3) is 0 Å². The molecule has 176 valence electrons. The highest BCUT2D eigenvalue weighted by molar-refractivity contribution is 5.89. The van der Waals surface area contributed by atoms with Gasteiger partial charge in [-0.25, -0.2) is 5.84 Å². The molecular formula is C25H44N4O2. The van der Waals surface area contributed by atoms with Gasteiger partial charge in [-0.2, -0.15) is 5.10 Å². The number of hydrogen-bond acceptors (Lipinski definition) is 5. The first-order valence-corrected chi connectivity index (χ1v) is 12.5. The highest BCUT2D eigenvalue weighted by Gasteiger charge is 2.61. The summed E-state index contributed by atoms with van der Waals surface area (Å²) in [5, 5.41) is 5.05. The molecule has 8 atom stereocenters. The molecule has 6 nitrogen and oxygen atoms in total. The lowest BCUT2D eigenvalue weighted by Crippen LogP contribution is -2.54. The van der Waals surface area contributed by atoms with Gasteiger partial charge in [-0.3, -0.25) is 9.80 Å². The smallest absolute Gasteiger partial charge is 0.157 e. The Morgan fingerprint density at radius 1 is 1.06 bits per heavy atom. The molecule has 4 aliphatic rings. The molecule has 4 aliphatic carbocycles. The molecule has 0 aliphatic heterocycles. The number of hydrazine groups is 1. The van der Waals surface area contributed by atoms with Crippen molar-refractivity contribution in [3.8, 4) is 0 Å². The minimum absolute atomic E-state index is 0.123. The Labute approximate surface area is 188 Å². The Kier molecular flexibility index (Phi) is 6.43. The third kappa shape index (κ3) is 3.82. The molecule has 0 aromatic carbocycles. The quantitative estimate of drug-likeness (QED) is 0.297. The molecular weight excluding hydrogens is 388 g/mol. The average molecular weight is 433 g/mol. The monoisotopic (exact) mass is 432 g/mol. The van der Waals surface area contributed by atoms with Gasteiger partial charge in [0.2, 0.25) is 0 Å². The van der Waals surface area contributed by atoms with Gasteiger partial charge in [0.05, 0.1) is 6.54 Å². The van der Waals surface area contributed by atoms with E-state index in [2.05, 4.69) is 18.9 Å². The molecule has 4 saturated carbocycles. The summed E-state index contributed by atoms with van der Waals surface area (Å²) in [5.74, 6) is 16.2. The van der Waals surface area contributed by atoms with Crippen LogP contribution >= 0.6 is 0 Å². The van der Waals surface area contributed by atoms with Gasteiger partial charge in [-0.15, -0.1) is 0 Å². The van der Waals surface area contributed by atoms with Crippen LogP contribution in [0.2, 0.25) is 0 Å². The maximum atomic E-state index is 13.3. The predicted octanol–water partition coefficient (Wildman–Crippen LogP) is 3.94. The van der Waals surface area contributed by atoms with Crippen molar-refractivity contribution in [1.29, 1.82) is 0 Å². The van der Waals surface area contributed by atoms with Crippen molar-refractivity contribution >= 4 is 11.6 Å². The van der Waals surface area contributed by atoms with E-state index in [1.54, 1.807) is 6.92 Å². The second-order valence-corrected chi connectivity index (χ2v) is 11.7. The van der Waals surface area contributed by atoms with E-state index in [0.29, 0.717) is 17.2 Å². The molecule has 31 heavy (non-hydrogen) atoms. The van der Waals surface area contributed by atoms with Gasteiger partial charge in [0.1, 0.15) is 5.84 Å². The van der Waals surface area contributed by atoms with E-state index in [0.717, 1.165) is 36.7 Å². The fourth-order valence-electron chi connectivity index (χ4n) is 8.73. The van der Waals surface area contributed by atoms with Gasteiger partial charge in [0.15, 0.2) is 5.78 Å². The van der Waals surface area contributed by atoms with E-state index in [-0.39, 0.29) is 23.7 Å². The lowest BCUT2D eigenvalue weighted by molar-refractivity contribution is -0.138. The Bertz CT molecular complexity index is 712. The van der Waals surface area contributed by atoms with Gasteiger partial charge >= 0.3 is 0 Å². The number of hydrazone groups is 1. The second kappa shape index (κ2) is 8.66. The number of ketones is 1. The van der Waals surface area contributed by atoms with E-state index in [1.807, 2.05) is 7.11 Å². The molecule has 0 spiro atoms. The first-order valence-electron chi connectivity index (χ1n) is 12.5. The molecule has 6 heteroatoms. The molecule has 0 aromatic rings. The number of nitrogens with zero attached hydrogens (tertiary/aromatic N) is 2. The van der Waals surface area contributed by atoms with Crippen LogP contribution in [-0.4, -0.2) is 36.9 Å². The largest absolute Gasteiger partial charge is 0.384 e. The van der Waals surface area contributed by atoms with Crippen LogP contribution < -0.4 is 11.7 Å². The van der Waals surface area contributed by atoms with Crippen molar-refractivity contribution in [3.05, 3.63) is 0 Å². The van der Waals surface area contributed by atoms with E-state index < -0.39 is 0 Å². The summed E-state index contributed by atoms with van der Waals surface area (Å²) >= 11 is 0. The number of carbonyl (C=O) groups excluding carboxylic acids is 1. The third-order valence-corrected chi connectivity index (χ3v) is 10.5. The summed E-state index contributed by atoms with van der Waals surface area (Å²) in [6.45, 7) is 7.92. The van der Waals surface area contributed by atoms with Crippen LogP contribution in [-0.2, 0) is 9.53 Å². The second-order valence-electron chi connectivity index (χ2n) is 11.7. The molecule has 4 rings (SSSR count). The molecule has 0 amide bonds. The van der Waals surface area contributed by atoms with Crippen molar-refractivity contribution in [2.75, 3.05) is 20.3 Å². The van der Waals surface area contributed by atoms with Gasteiger partial charge in [-0.1, -0.05) is 13.8 Å². The average Bonchev–Trinajstić information content (AvgIpc) is 3.10. The van der Waals surface area contributed by atoms with Gasteiger partial charge in [0, 0.05) is 19.6 Å². The van der Waals surface area contributed by atoms with Crippen molar-refractivity contribution < 1.29 is 9.53 Å². The highest BCUT2D eigenvalue weighted by Crippen LogP contribution is 2.67. The zero-order valence-electron chi connectivity index (χ0n) is 20.1. The SMILES string of the molecule is COCC1CCC2(C)C(CCC3C2CCC2(C)C(C(=O)CN(N)/C(C)=N\N)CCC32)C1. The summed E-state index contributed by atoms with van der Waals surface area (Å²) in [5.41, 5.74) is 0.614. The Morgan fingerprint density at radius 3 is 2.48 bits per heavy atom. The maximum absolute atomic E-state index is 13.3. The zero-order valence-corrected chi connectivity index (χ0v) is 20.1. The maximum Gasteiger partial charge on any atom is 0.157 e. The molecule has 8 unspecified atom stereocenters. The summed E-state index contributed by atoms with van der Waals surface area (Å²) in [4.78, 5) is 13.3. The van der Waals surface area contributed by atoms with E-state index in [1.165, 1.54) is 56.4 Å². The molecule has 0 aromatic heterocycles. The number of fused-ring (bicyclic) bond motifs is 5. The predicted molar refractivity (Wildman–Crippen MR) is 124 cm³/mol. The first kappa shape index (κ1) is 23.0. The van der Waals surface area contributed by atoms with Crippen LogP contribution in [0.5, 0.6) is 0 Å². The summed E-state index contributed by atoms with van der Waals surface area (Å²) in [7, 11) is 1.85. The van der Waals surface area contributed by atoms with Gasteiger partial charge in [-0.05, 0) is 105 Å². The molecule has 0 saturated heterocycles. The number of Topliss-reactive ketones (excluding diaryl/α,β-unsaturated/α-hetero) is 1. The lowest BCUT2D eigenvalue weighted by atomic mass is 9.44. The standard InChI is InChI=1S/C25H44N4O2/c1-16(28-26)29(27)14-23(30)22-8-7-20-19-6-5-18-13-17(15-31-4)9-11-24(18,2)21(19)10-12-25(20,22)3/h17-22H,5-15,26-27H2,1-4H3/b28-16-. The topological polar surface area (TPSA) is 93.9 Å². The normalized spacial score (nSPS) is 44.9.